The number of halogens is 2. The maximum absolute atomic E-state index is 13.0. The fraction of sp³-hybridized carbons (Fsp3) is 0.294. The highest BCUT2D eigenvalue weighted by atomic mass is 35.5. The van der Waals surface area contributed by atoms with Crippen molar-refractivity contribution in [3.63, 3.8) is 0 Å². The monoisotopic (exact) mass is 417 g/mol. The van der Waals surface area contributed by atoms with E-state index in [2.05, 4.69) is 0 Å². The third-order valence-electron chi connectivity index (χ3n) is 4.34. The topological polar surface area (TPSA) is 71.5 Å². The molecule has 0 N–H and O–H groups in total. The van der Waals surface area contributed by atoms with E-state index in [0.717, 1.165) is 0 Å². The average molecular weight is 418 g/mol. The quantitative estimate of drug-likeness (QED) is 0.750. The predicted octanol–water partition coefficient (Wildman–Crippen LogP) is 2.86. The second-order valence-electron chi connectivity index (χ2n) is 6.15. The van der Waals surface area contributed by atoms with Crippen LogP contribution in [-0.2, 0) is 25.6 Å². The summed E-state index contributed by atoms with van der Waals surface area (Å²) in [7, 11) is -7.32. The van der Waals surface area contributed by atoms with Gasteiger partial charge in [0.1, 0.15) is 5.82 Å². The summed E-state index contributed by atoms with van der Waals surface area (Å²) in [5.74, 6) is -0.734. The van der Waals surface area contributed by atoms with Crippen molar-refractivity contribution >= 4 is 31.5 Å². The van der Waals surface area contributed by atoms with Gasteiger partial charge < -0.3 is 0 Å². The van der Waals surface area contributed by atoms with E-state index in [4.69, 9.17) is 11.6 Å². The van der Waals surface area contributed by atoms with Gasteiger partial charge in [-0.1, -0.05) is 23.7 Å². The first-order chi connectivity index (χ1) is 12.2. The van der Waals surface area contributed by atoms with Gasteiger partial charge in [-0.05, 0) is 48.4 Å². The lowest BCUT2D eigenvalue weighted by Crippen LogP contribution is -2.32. The van der Waals surface area contributed by atoms with Gasteiger partial charge in [0.15, 0.2) is 9.84 Å². The van der Waals surface area contributed by atoms with Crippen LogP contribution in [0.3, 0.4) is 0 Å². The van der Waals surface area contributed by atoms with Crippen LogP contribution < -0.4 is 0 Å². The molecule has 0 saturated carbocycles. The molecule has 0 amide bonds. The Morgan fingerprint density at radius 2 is 1.62 bits per heavy atom. The third kappa shape index (κ3) is 4.09. The minimum atomic E-state index is -3.68. The maximum atomic E-state index is 13.0. The zero-order valence-electron chi connectivity index (χ0n) is 13.7. The second-order valence-corrected chi connectivity index (χ2v) is 10.8. The molecule has 1 fully saturated rings. The summed E-state index contributed by atoms with van der Waals surface area (Å²) in [5.41, 5.74) is 0.454. The Labute approximate surface area is 157 Å². The molecular formula is C17H17ClFNO4S2. The average Bonchev–Trinajstić information content (AvgIpc) is 3.09. The third-order valence-corrected chi connectivity index (χ3v) is 8.60. The van der Waals surface area contributed by atoms with Crippen LogP contribution in [0.25, 0.3) is 0 Å². The van der Waals surface area contributed by atoms with Crippen molar-refractivity contribution in [1.82, 2.24) is 4.31 Å². The Balaban J connectivity index is 1.74. The fourth-order valence-electron chi connectivity index (χ4n) is 2.90. The van der Waals surface area contributed by atoms with Gasteiger partial charge in [0.2, 0.25) is 10.0 Å². The first kappa shape index (κ1) is 19.3. The molecular weight excluding hydrogens is 401 g/mol. The summed E-state index contributed by atoms with van der Waals surface area (Å²) < 4.78 is 64.7. The van der Waals surface area contributed by atoms with Gasteiger partial charge in [-0.3, -0.25) is 0 Å². The van der Waals surface area contributed by atoms with Gasteiger partial charge in [0.05, 0.1) is 15.9 Å². The number of rotatable bonds is 5. The molecule has 1 atom stereocenters. The summed E-state index contributed by atoms with van der Waals surface area (Å²) in [6.07, 6.45) is 0.230. The van der Waals surface area contributed by atoms with E-state index in [9.17, 15) is 21.2 Å². The Morgan fingerprint density at radius 3 is 2.23 bits per heavy atom. The molecule has 1 unspecified atom stereocenters. The summed E-state index contributed by atoms with van der Waals surface area (Å²) in [6, 6.07) is 11.0. The summed E-state index contributed by atoms with van der Waals surface area (Å²) in [4.78, 5) is 0.129. The van der Waals surface area contributed by atoms with Crippen LogP contribution in [0.15, 0.2) is 53.4 Å². The molecule has 1 heterocycles. The van der Waals surface area contributed by atoms with E-state index < -0.39 is 30.9 Å². The lowest BCUT2D eigenvalue weighted by molar-refractivity contribution is 0.475. The minimum Gasteiger partial charge on any atom is -0.223 e. The molecule has 0 spiro atoms. The first-order valence-corrected chi connectivity index (χ1v) is 11.4. The lowest BCUT2D eigenvalue weighted by atomic mass is 10.2. The van der Waals surface area contributed by atoms with Gasteiger partial charge in [-0.15, -0.1) is 0 Å². The molecule has 3 rings (SSSR count). The molecule has 2 aromatic rings. The smallest absolute Gasteiger partial charge is 0.218 e. The molecule has 26 heavy (non-hydrogen) atoms. The van der Waals surface area contributed by atoms with E-state index in [1.165, 1.54) is 52.8 Å². The van der Waals surface area contributed by atoms with Crippen molar-refractivity contribution in [3.8, 4) is 0 Å². The van der Waals surface area contributed by atoms with E-state index in [0.29, 0.717) is 10.6 Å². The van der Waals surface area contributed by atoms with Crippen LogP contribution in [-0.4, -0.2) is 39.5 Å². The Morgan fingerprint density at radius 1 is 1.00 bits per heavy atom. The van der Waals surface area contributed by atoms with Crippen LogP contribution in [0, 0.1) is 5.82 Å². The maximum Gasteiger partial charge on any atom is 0.218 e. The van der Waals surface area contributed by atoms with E-state index >= 15 is 0 Å². The van der Waals surface area contributed by atoms with Gasteiger partial charge in [-0.2, -0.15) is 0 Å². The number of benzene rings is 2. The van der Waals surface area contributed by atoms with Crippen molar-refractivity contribution in [2.75, 3.05) is 13.1 Å². The van der Waals surface area contributed by atoms with Gasteiger partial charge in [-0.25, -0.2) is 25.5 Å². The zero-order chi connectivity index (χ0) is 18.9. The molecule has 0 aromatic heterocycles. The van der Waals surface area contributed by atoms with Crippen molar-refractivity contribution in [2.24, 2.45) is 0 Å². The number of hydrogen-bond donors (Lipinski definition) is 0. The number of sulfone groups is 1. The second kappa shape index (κ2) is 7.26. The number of sulfonamides is 1. The number of nitrogens with zero attached hydrogens (tertiary/aromatic N) is 1. The van der Waals surface area contributed by atoms with Crippen LogP contribution in [0.5, 0.6) is 0 Å². The highest BCUT2D eigenvalue weighted by Crippen LogP contribution is 2.27. The SMILES string of the molecule is O=S(=O)(c1ccc(Cl)cc1)C1CCN(S(=O)(=O)Cc2ccc(F)cc2)C1. The normalized spacial score (nSPS) is 18.9. The van der Waals surface area contributed by atoms with Gasteiger partial charge in [0.25, 0.3) is 0 Å². The van der Waals surface area contributed by atoms with Crippen LogP contribution in [0.1, 0.15) is 12.0 Å². The number of hydrogen-bond acceptors (Lipinski definition) is 4. The van der Waals surface area contributed by atoms with Crippen molar-refractivity contribution < 1.29 is 21.2 Å². The lowest BCUT2D eigenvalue weighted by Gasteiger charge is -2.17. The molecule has 1 aliphatic heterocycles. The Bertz CT molecular complexity index is 990. The van der Waals surface area contributed by atoms with Crippen molar-refractivity contribution in [3.05, 3.63) is 64.9 Å². The molecule has 5 nitrogen and oxygen atoms in total. The van der Waals surface area contributed by atoms with Crippen LogP contribution in [0.4, 0.5) is 4.39 Å². The van der Waals surface area contributed by atoms with Gasteiger partial charge in [0, 0.05) is 18.1 Å². The highest BCUT2D eigenvalue weighted by molar-refractivity contribution is 7.92. The predicted molar refractivity (Wildman–Crippen MR) is 97.6 cm³/mol. The van der Waals surface area contributed by atoms with E-state index in [1.807, 2.05) is 0 Å². The molecule has 9 heteroatoms. The zero-order valence-corrected chi connectivity index (χ0v) is 16.1. The molecule has 0 bridgehead atoms. The summed E-state index contributed by atoms with van der Waals surface area (Å²) >= 11 is 5.79. The van der Waals surface area contributed by atoms with Crippen molar-refractivity contribution in [1.29, 1.82) is 0 Å². The molecule has 1 saturated heterocycles. The van der Waals surface area contributed by atoms with Gasteiger partial charge >= 0.3 is 0 Å². The van der Waals surface area contributed by atoms with E-state index in [1.54, 1.807) is 0 Å². The largest absolute Gasteiger partial charge is 0.223 e. The Hall–Kier alpha value is -1.48. The van der Waals surface area contributed by atoms with E-state index in [-0.39, 0.29) is 30.2 Å². The minimum absolute atomic E-state index is 0.0888. The summed E-state index contributed by atoms with van der Waals surface area (Å²) in [6.45, 7) is 0.0511. The summed E-state index contributed by atoms with van der Waals surface area (Å²) in [5, 5.41) is -0.370. The molecule has 140 valence electrons. The first-order valence-electron chi connectivity index (χ1n) is 7.90. The van der Waals surface area contributed by atoms with Crippen LogP contribution >= 0.6 is 11.6 Å². The Kier molecular flexibility index (Phi) is 5.39. The highest BCUT2D eigenvalue weighted by Gasteiger charge is 2.38. The fourth-order valence-corrected chi connectivity index (χ4v) is 6.40. The molecule has 0 aliphatic carbocycles. The van der Waals surface area contributed by atoms with Crippen molar-refractivity contribution in [2.45, 2.75) is 22.3 Å². The molecule has 0 radical (unpaired) electrons. The van der Waals surface area contributed by atoms with Crippen LogP contribution in [0.2, 0.25) is 5.02 Å². The molecule has 2 aromatic carbocycles. The molecule has 1 aliphatic rings. The standard InChI is InChI=1S/C17H17ClFNO4S2/c18-14-3-7-16(8-4-14)26(23,24)17-9-10-20(11-17)25(21,22)12-13-1-5-15(19)6-2-13/h1-8,17H,9-12H2.